The number of hydrogen-bond donors (Lipinski definition) is 0. The number of unbranched alkanes of at least 4 members (excludes halogenated alkanes) is 41. The predicted octanol–water partition coefficient (Wildman–Crippen LogP) is 20.4. The van der Waals surface area contributed by atoms with E-state index < -0.39 is 6.10 Å². The van der Waals surface area contributed by atoms with Crippen LogP contribution in [0.2, 0.25) is 0 Å². The van der Waals surface area contributed by atoms with Gasteiger partial charge in [-0.2, -0.15) is 0 Å². The van der Waals surface area contributed by atoms with E-state index in [9.17, 15) is 14.4 Å². The van der Waals surface area contributed by atoms with Gasteiger partial charge in [-0.1, -0.05) is 311 Å². The van der Waals surface area contributed by atoms with E-state index >= 15 is 0 Å². The molecule has 0 aliphatic carbocycles. The molecule has 1 atom stereocenters. The molecule has 0 amide bonds. The molecule has 404 valence electrons. The Hall–Kier alpha value is -1.59. The molecule has 0 bridgehead atoms. The fourth-order valence-corrected chi connectivity index (χ4v) is 9.58. The number of ether oxygens (including phenoxy) is 3. The lowest BCUT2D eigenvalue weighted by Crippen LogP contribution is -2.30. The molecule has 0 saturated carbocycles. The van der Waals surface area contributed by atoms with E-state index in [2.05, 4.69) is 34.6 Å². The van der Waals surface area contributed by atoms with Crippen molar-refractivity contribution in [1.29, 1.82) is 0 Å². The maximum atomic E-state index is 12.9. The average Bonchev–Trinajstić information content (AvgIpc) is 3.31. The molecule has 68 heavy (non-hydrogen) atoms. The summed E-state index contributed by atoms with van der Waals surface area (Å²) in [5, 5.41) is 0. The molecule has 0 aromatic rings. The first kappa shape index (κ1) is 66.4. The van der Waals surface area contributed by atoms with Gasteiger partial charge in [0.15, 0.2) is 6.10 Å². The van der Waals surface area contributed by atoms with Crippen LogP contribution in [0.5, 0.6) is 0 Å². The third-order valence-electron chi connectivity index (χ3n) is 14.2. The molecule has 0 fully saturated rings. The van der Waals surface area contributed by atoms with E-state index in [-0.39, 0.29) is 31.1 Å². The number of rotatable bonds is 56. The van der Waals surface area contributed by atoms with Gasteiger partial charge in [0.25, 0.3) is 0 Å². The Labute approximate surface area is 425 Å². The topological polar surface area (TPSA) is 78.9 Å². The van der Waals surface area contributed by atoms with Crippen molar-refractivity contribution < 1.29 is 28.6 Å². The van der Waals surface area contributed by atoms with Crippen molar-refractivity contribution in [2.75, 3.05) is 13.2 Å². The van der Waals surface area contributed by atoms with Crippen molar-refractivity contribution in [2.45, 2.75) is 355 Å². The van der Waals surface area contributed by atoms with Gasteiger partial charge in [0.1, 0.15) is 13.2 Å². The van der Waals surface area contributed by atoms with E-state index in [1.807, 2.05) is 0 Å². The number of carbonyl (C=O) groups is 3. The molecule has 6 heteroatoms. The molecule has 0 rings (SSSR count). The Morgan fingerprint density at radius 2 is 0.485 bits per heavy atom. The van der Waals surface area contributed by atoms with Gasteiger partial charge < -0.3 is 14.2 Å². The fourth-order valence-electron chi connectivity index (χ4n) is 9.58. The molecule has 0 aromatic heterocycles. The van der Waals surface area contributed by atoms with E-state index in [0.717, 1.165) is 69.6 Å². The molecule has 0 unspecified atom stereocenters. The highest BCUT2D eigenvalue weighted by Gasteiger charge is 2.19. The molecule has 0 heterocycles. The second kappa shape index (κ2) is 54.7. The summed E-state index contributed by atoms with van der Waals surface area (Å²) in [6.07, 6.45) is 59.6. The SMILES string of the molecule is CCCCCCCCCCCCCCCCCCCCCC(=O)O[C@H](COC(=O)CCCCCCCCCCCCCCCC(C)C)COC(=O)CCCCCCCCCCCCCCC(C)C. The quantitative estimate of drug-likeness (QED) is 0.0343. The fraction of sp³-hybridized carbons (Fsp3) is 0.952. The van der Waals surface area contributed by atoms with Crippen molar-refractivity contribution >= 4 is 17.9 Å². The summed E-state index contributed by atoms with van der Waals surface area (Å²) in [7, 11) is 0. The average molecular weight is 962 g/mol. The zero-order valence-corrected chi connectivity index (χ0v) is 46.7. The summed E-state index contributed by atoms with van der Waals surface area (Å²) in [6, 6.07) is 0. The minimum absolute atomic E-state index is 0.0624. The maximum absolute atomic E-state index is 12.9. The Balaban J connectivity index is 4.29. The van der Waals surface area contributed by atoms with Crippen LogP contribution < -0.4 is 0 Å². The van der Waals surface area contributed by atoms with Gasteiger partial charge in [-0.05, 0) is 31.1 Å². The summed E-state index contributed by atoms with van der Waals surface area (Å²) in [6.45, 7) is 11.4. The minimum Gasteiger partial charge on any atom is -0.462 e. The lowest BCUT2D eigenvalue weighted by molar-refractivity contribution is -0.167. The standard InChI is InChI=1S/C62H120O6/c1-6-7-8-9-10-11-12-13-14-15-16-17-18-21-29-34-39-44-49-54-62(65)68-59(56-67-61(64)53-48-43-38-33-28-24-23-26-31-36-41-46-51-58(4)5)55-66-60(63)52-47-42-37-32-27-22-19-20-25-30-35-40-45-50-57(2)3/h57-59H,6-56H2,1-5H3/t59-/m1/s1. The number of hydrogen-bond acceptors (Lipinski definition) is 6. The Kier molecular flexibility index (Phi) is 53.5. The van der Waals surface area contributed by atoms with Crippen LogP contribution >= 0.6 is 0 Å². The zero-order chi connectivity index (χ0) is 49.6. The molecule has 0 saturated heterocycles. The van der Waals surface area contributed by atoms with Gasteiger partial charge in [0.05, 0.1) is 0 Å². The van der Waals surface area contributed by atoms with E-state index in [1.165, 1.54) is 238 Å². The van der Waals surface area contributed by atoms with Gasteiger partial charge in [-0.15, -0.1) is 0 Å². The van der Waals surface area contributed by atoms with Crippen LogP contribution in [-0.2, 0) is 28.6 Å². The highest BCUT2D eigenvalue weighted by atomic mass is 16.6. The van der Waals surface area contributed by atoms with Gasteiger partial charge >= 0.3 is 17.9 Å². The molecule has 0 N–H and O–H groups in total. The molecule has 0 aliphatic rings. The first-order valence-corrected chi connectivity index (χ1v) is 30.7. The Bertz CT molecular complexity index is 1040. The smallest absolute Gasteiger partial charge is 0.306 e. The molecule has 0 spiro atoms. The summed E-state index contributed by atoms with van der Waals surface area (Å²) in [4.78, 5) is 38.2. The van der Waals surface area contributed by atoms with Gasteiger partial charge in [0.2, 0.25) is 0 Å². The van der Waals surface area contributed by atoms with Crippen LogP contribution in [0.25, 0.3) is 0 Å². The zero-order valence-electron chi connectivity index (χ0n) is 46.7. The Morgan fingerprint density at radius 1 is 0.279 bits per heavy atom. The second-order valence-corrected chi connectivity index (χ2v) is 22.3. The minimum atomic E-state index is -0.763. The molecule has 0 radical (unpaired) electrons. The maximum Gasteiger partial charge on any atom is 0.306 e. The third kappa shape index (κ3) is 55.3. The molecular weight excluding hydrogens is 841 g/mol. The van der Waals surface area contributed by atoms with Crippen molar-refractivity contribution in [3.05, 3.63) is 0 Å². The highest BCUT2D eigenvalue weighted by Crippen LogP contribution is 2.19. The molecular formula is C62H120O6. The summed E-state index contributed by atoms with van der Waals surface area (Å²) in [5.74, 6) is 0.838. The predicted molar refractivity (Wildman–Crippen MR) is 293 cm³/mol. The Morgan fingerprint density at radius 3 is 0.721 bits per heavy atom. The van der Waals surface area contributed by atoms with Crippen LogP contribution in [0.4, 0.5) is 0 Å². The summed E-state index contributed by atoms with van der Waals surface area (Å²) >= 11 is 0. The number of esters is 3. The van der Waals surface area contributed by atoms with Crippen molar-refractivity contribution in [1.82, 2.24) is 0 Å². The van der Waals surface area contributed by atoms with Gasteiger partial charge in [0, 0.05) is 19.3 Å². The van der Waals surface area contributed by atoms with E-state index in [4.69, 9.17) is 14.2 Å². The van der Waals surface area contributed by atoms with Gasteiger partial charge in [-0.25, -0.2) is 0 Å². The first-order chi connectivity index (χ1) is 33.2. The van der Waals surface area contributed by atoms with Crippen molar-refractivity contribution in [3.8, 4) is 0 Å². The van der Waals surface area contributed by atoms with E-state index in [1.54, 1.807) is 0 Å². The lowest BCUT2D eigenvalue weighted by atomic mass is 10.0. The van der Waals surface area contributed by atoms with Crippen LogP contribution in [0, 0.1) is 11.8 Å². The van der Waals surface area contributed by atoms with Crippen LogP contribution in [-0.4, -0.2) is 37.2 Å². The number of carbonyl (C=O) groups excluding carboxylic acids is 3. The monoisotopic (exact) mass is 961 g/mol. The third-order valence-corrected chi connectivity index (χ3v) is 14.2. The van der Waals surface area contributed by atoms with Crippen LogP contribution in [0.3, 0.4) is 0 Å². The van der Waals surface area contributed by atoms with Crippen LogP contribution in [0.15, 0.2) is 0 Å². The second-order valence-electron chi connectivity index (χ2n) is 22.3. The van der Waals surface area contributed by atoms with Crippen molar-refractivity contribution in [3.63, 3.8) is 0 Å². The molecule has 0 aliphatic heterocycles. The largest absolute Gasteiger partial charge is 0.462 e. The molecule has 6 nitrogen and oxygen atoms in total. The lowest BCUT2D eigenvalue weighted by Gasteiger charge is -2.18. The first-order valence-electron chi connectivity index (χ1n) is 30.7. The van der Waals surface area contributed by atoms with E-state index in [0.29, 0.717) is 19.3 Å². The molecule has 0 aromatic carbocycles. The summed E-state index contributed by atoms with van der Waals surface area (Å²) in [5.41, 5.74) is 0. The van der Waals surface area contributed by atoms with Crippen molar-refractivity contribution in [2.24, 2.45) is 11.8 Å². The highest BCUT2D eigenvalue weighted by molar-refractivity contribution is 5.71. The van der Waals surface area contributed by atoms with Gasteiger partial charge in [-0.3, -0.25) is 14.4 Å². The summed E-state index contributed by atoms with van der Waals surface area (Å²) < 4.78 is 16.9. The van der Waals surface area contributed by atoms with Crippen LogP contribution in [0.1, 0.15) is 349 Å². The normalized spacial score (nSPS) is 12.0.